The molecule has 5 heteroatoms. The Morgan fingerprint density at radius 3 is 2.89 bits per heavy atom. The molecule has 1 fully saturated rings. The van der Waals surface area contributed by atoms with E-state index in [1.54, 1.807) is 6.07 Å². The number of furan rings is 1. The van der Waals surface area contributed by atoms with E-state index in [4.69, 9.17) is 10.3 Å². The van der Waals surface area contributed by atoms with E-state index in [0.717, 1.165) is 30.8 Å². The summed E-state index contributed by atoms with van der Waals surface area (Å²) >= 11 is 0. The van der Waals surface area contributed by atoms with Crippen molar-refractivity contribution in [3.8, 4) is 0 Å². The van der Waals surface area contributed by atoms with Crippen molar-refractivity contribution < 1.29 is 9.21 Å². The summed E-state index contributed by atoms with van der Waals surface area (Å²) in [5.74, 6) is 5.81. The molecule has 1 aliphatic carbocycles. The number of nitrogen functional groups attached to an aromatic ring is 1. The van der Waals surface area contributed by atoms with Crippen molar-refractivity contribution in [1.82, 2.24) is 10.3 Å². The number of nitrogens with two attached hydrogens (primary N) is 1. The van der Waals surface area contributed by atoms with Gasteiger partial charge in [0, 0.05) is 18.2 Å². The number of hydrogen-bond acceptors (Lipinski definition) is 4. The van der Waals surface area contributed by atoms with Gasteiger partial charge in [0.05, 0.1) is 0 Å². The number of amides is 1. The summed E-state index contributed by atoms with van der Waals surface area (Å²) in [6, 6.07) is 2.51. The first-order valence-electron chi connectivity index (χ1n) is 6.50. The van der Waals surface area contributed by atoms with Gasteiger partial charge in [-0.1, -0.05) is 6.92 Å². The van der Waals surface area contributed by atoms with Crippen molar-refractivity contribution >= 4 is 5.91 Å². The maximum absolute atomic E-state index is 11.4. The van der Waals surface area contributed by atoms with E-state index in [1.807, 2.05) is 6.92 Å². The highest BCUT2D eigenvalue weighted by molar-refractivity contribution is 5.91. The Balaban J connectivity index is 2.07. The average molecular weight is 251 g/mol. The molecule has 0 saturated heterocycles. The predicted molar refractivity (Wildman–Crippen MR) is 68.8 cm³/mol. The number of rotatable bonds is 6. The quantitative estimate of drug-likeness (QED) is 0.457. The van der Waals surface area contributed by atoms with Crippen LogP contribution in [0.4, 0.5) is 0 Å². The van der Waals surface area contributed by atoms with Gasteiger partial charge in [-0.05, 0) is 38.8 Å². The Morgan fingerprint density at radius 2 is 2.33 bits per heavy atom. The normalized spacial score (nSPS) is 15.1. The minimum atomic E-state index is -0.377. The zero-order chi connectivity index (χ0) is 13.1. The first kappa shape index (κ1) is 13.1. The highest BCUT2D eigenvalue weighted by Crippen LogP contribution is 2.29. The Bertz CT molecular complexity index is 424. The van der Waals surface area contributed by atoms with E-state index in [1.165, 1.54) is 12.8 Å². The van der Waals surface area contributed by atoms with Gasteiger partial charge in [-0.3, -0.25) is 15.1 Å². The lowest BCUT2D eigenvalue weighted by Crippen LogP contribution is -2.29. The Kier molecular flexibility index (Phi) is 4.04. The van der Waals surface area contributed by atoms with Crippen LogP contribution in [-0.2, 0) is 6.54 Å². The van der Waals surface area contributed by atoms with Gasteiger partial charge < -0.3 is 4.42 Å². The van der Waals surface area contributed by atoms with Gasteiger partial charge in [0.2, 0.25) is 0 Å². The van der Waals surface area contributed by atoms with E-state index in [2.05, 4.69) is 17.2 Å². The molecular formula is C13H21N3O2. The number of hydrogen-bond donors (Lipinski definition) is 2. The van der Waals surface area contributed by atoms with Gasteiger partial charge in [0.1, 0.15) is 5.76 Å². The van der Waals surface area contributed by atoms with Crippen LogP contribution < -0.4 is 11.3 Å². The molecule has 1 aromatic rings. The van der Waals surface area contributed by atoms with Gasteiger partial charge in [-0.25, -0.2) is 5.84 Å². The van der Waals surface area contributed by atoms with Crippen LogP contribution in [0.5, 0.6) is 0 Å². The zero-order valence-corrected chi connectivity index (χ0v) is 11.0. The summed E-state index contributed by atoms with van der Waals surface area (Å²) in [4.78, 5) is 13.9. The molecule has 0 radical (unpaired) electrons. The summed E-state index contributed by atoms with van der Waals surface area (Å²) < 4.78 is 5.43. The second kappa shape index (κ2) is 5.54. The van der Waals surface area contributed by atoms with E-state index in [-0.39, 0.29) is 11.7 Å². The lowest BCUT2D eigenvalue weighted by Gasteiger charge is -2.20. The molecule has 1 aliphatic rings. The number of carbonyl (C=O) groups is 1. The topological polar surface area (TPSA) is 71.5 Å². The fourth-order valence-corrected chi connectivity index (χ4v) is 2.20. The summed E-state index contributed by atoms with van der Waals surface area (Å²) in [6.07, 6.45) is 3.71. The molecule has 3 N–H and O–H groups in total. The van der Waals surface area contributed by atoms with E-state index in [9.17, 15) is 4.79 Å². The van der Waals surface area contributed by atoms with Gasteiger partial charge in [0.15, 0.2) is 5.76 Å². The monoisotopic (exact) mass is 251 g/mol. The standard InChI is InChI=1S/C13H21N3O2/c1-3-6-16(11-4-5-11)8-10-7-12(13(17)15-14)18-9(10)2/h7,11H,3-6,8,14H2,1-2H3,(H,15,17). The van der Waals surface area contributed by atoms with Crippen LogP contribution in [0.3, 0.4) is 0 Å². The molecule has 0 aromatic carbocycles. The minimum absolute atomic E-state index is 0.289. The van der Waals surface area contributed by atoms with Crippen molar-refractivity contribution in [3.63, 3.8) is 0 Å². The number of aryl methyl sites for hydroxylation is 1. The smallest absolute Gasteiger partial charge is 0.300 e. The highest BCUT2D eigenvalue weighted by Gasteiger charge is 2.29. The molecule has 0 atom stereocenters. The summed E-state index contributed by atoms with van der Waals surface area (Å²) in [5, 5.41) is 0. The molecule has 1 amide bonds. The van der Waals surface area contributed by atoms with Crippen molar-refractivity contribution in [2.75, 3.05) is 6.54 Å². The van der Waals surface area contributed by atoms with E-state index >= 15 is 0 Å². The maximum Gasteiger partial charge on any atom is 0.300 e. The van der Waals surface area contributed by atoms with Crippen LogP contribution in [-0.4, -0.2) is 23.4 Å². The fourth-order valence-electron chi connectivity index (χ4n) is 2.20. The molecule has 2 rings (SSSR count). The van der Waals surface area contributed by atoms with Crippen molar-refractivity contribution in [2.45, 2.75) is 45.7 Å². The molecule has 18 heavy (non-hydrogen) atoms. The number of hydrazine groups is 1. The second-order valence-electron chi connectivity index (χ2n) is 4.87. The Hall–Kier alpha value is -1.33. The van der Waals surface area contributed by atoms with Gasteiger partial charge in [-0.2, -0.15) is 0 Å². The summed E-state index contributed by atoms with van der Waals surface area (Å²) in [6.45, 7) is 6.02. The van der Waals surface area contributed by atoms with Crippen LogP contribution in [0, 0.1) is 6.92 Å². The van der Waals surface area contributed by atoms with Gasteiger partial charge in [0.25, 0.3) is 0 Å². The van der Waals surface area contributed by atoms with Crippen LogP contribution in [0.15, 0.2) is 10.5 Å². The third kappa shape index (κ3) is 2.91. The minimum Gasteiger partial charge on any atom is -0.456 e. The van der Waals surface area contributed by atoms with E-state index < -0.39 is 0 Å². The molecule has 5 nitrogen and oxygen atoms in total. The molecule has 0 spiro atoms. The SMILES string of the molecule is CCCN(Cc1cc(C(=O)NN)oc1C)C1CC1. The predicted octanol–water partition coefficient (Wildman–Crippen LogP) is 1.57. The zero-order valence-electron chi connectivity index (χ0n) is 11.0. The Morgan fingerprint density at radius 1 is 1.61 bits per heavy atom. The molecule has 100 valence electrons. The summed E-state index contributed by atoms with van der Waals surface area (Å²) in [5.41, 5.74) is 3.17. The first-order chi connectivity index (χ1) is 8.65. The van der Waals surface area contributed by atoms with Crippen molar-refractivity contribution in [3.05, 3.63) is 23.2 Å². The van der Waals surface area contributed by atoms with Crippen molar-refractivity contribution in [2.24, 2.45) is 5.84 Å². The van der Waals surface area contributed by atoms with Gasteiger partial charge >= 0.3 is 5.91 Å². The molecule has 0 unspecified atom stereocenters. The second-order valence-corrected chi connectivity index (χ2v) is 4.87. The van der Waals surface area contributed by atoms with Crippen LogP contribution >= 0.6 is 0 Å². The van der Waals surface area contributed by atoms with Gasteiger partial charge in [-0.15, -0.1) is 0 Å². The van der Waals surface area contributed by atoms with E-state index in [0.29, 0.717) is 6.04 Å². The number of carbonyl (C=O) groups excluding carboxylic acids is 1. The maximum atomic E-state index is 11.4. The molecular weight excluding hydrogens is 230 g/mol. The summed E-state index contributed by atoms with van der Waals surface area (Å²) in [7, 11) is 0. The Labute approximate surface area is 107 Å². The molecule has 1 aromatic heterocycles. The van der Waals surface area contributed by atoms with Crippen LogP contribution in [0.25, 0.3) is 0 Å². The third-order valence-electron chi connectivity index (χ3n) is 3.32. The number of nitrogens with one attached hydrogen (secondary N) is 1. The van der Waals surface area contributed by atoms with Crippen molar-refractivity contribution in [1.29, 1.82) is 0 Å². The third-order valence-corrected chi connectivity index (χ3v) is 3.32. The fraction of sp³-hybridized carbons (Fsp3) is 0.615. The molecule has 0 bridgehead atoms. The molecule has 0 aliphatic heterocycles. The lowest BCUT2D eigenvalue weighted by atomic mass is 10.2. The van der Waals surface area contributed by atoms with Crippen LogP contribution in [0.2, 0.25) is 0 Å². The highest BCUT2D eigenvalue weighted by atomic mass is 16.4. The lowest BCUT2D eigenvalue weighted by molar-refractivity contribution is 0.0924. The number of nitrogens with zero attached hydrogens (tertiary/aromatic N) is 1. The first-order valence-corrected chi connectivity index (χ1v) is 6.50. The average Bonchev–Trinajstić information content (AvgIpc) is 3.14. The molecule has 1 saturated carbocycles. The largest absolute Gasteiger partial charge is 0.456 e. The van der Waals surface area contributed by atoms with Crippen LogP contribution in [0.1, 0.15) is 48.1 Å². The molecule has 1 heterocycles.